The Balaban J connectivity index is 2.36. The molecule has 1 atom stereocenters. The van der Waals surface area contributed by atoms with E-state index in [-0.39, 0.29) is 6.04 Å². The van der Waals surface area contributed by atoms with E-state index in [2.05, 4.69) is 44.0 Å². The second kappa shape index (κ2) is 6.51. The number of H-pyrrole nitrogens is 1. The van der Waals surface area contributed by atoms with Crippen LogP contribution in [0.4, 0.5) is 11.8 Å². The third-order valence-electron chi connectivity index (χ3n) is 3.20. The van der Waals surface area contributed by atoms with Crippen LogP contribution in [0.2, 0.25) is 0 Å². The Bertz CT molecular complexity index is 555. The zero-order chi connectivity index (χ0) is 14.5. The van der Waals surface area contributed by atoms with E-state index in [1.165, 1.54) is 0 Å². The molecule has 0 aromatic carbocycles. The minimum Gasteiger partial charge on any atom is -0.383 e. The average Bonchev–Trinajstić information content (AvgIpc) is 2.91. The number of aromatic nitrogens is 4. The van der Waals surface area contributed by atoms with Gasteiger partial charge in [-0.25, -0.2) is 4.98 Å². The molecule has 1 unspecified atom stereocenters. The van der Waals surface area contributed by atoms with E-state index in [0.29, 0.717) is 18.2 Å². The lowest BCUT2D eigenvalue weighted by Gasteiger charge is -2.25. The second-order valence-electron chi connectivity index (χ2n) is 4.81. The summed E-state index contributed by atoms with van der Waals surface area (Å²) in [5.41, 5.74) is 1.52. The summed E-state index contributed by atoms with van der Waals surface area (Å²) in [7, 11) is 3.69. The van der Waals surface area contributed by atoms with E-state index < -0.39 is 0 Å². The lowest BCUT2D eigenvalue weighted by atomic mass is 10.3. The first-order valence-corrected chi connectivity index (χ1v) is 6.84. The number of imidazole rings is 1. The molecule has 2 aromatic heterocycles. The van der Waals surface area contributed by atoms with Crippen molar-refractivity contribution in [3.8, 4) is 0 Å². The molecule has 110 valence electrons. The molecule has 0 saturated heterocycles. The van der Waals surface area contributed by atoms with E-state index in [9.17, 15) is 0 Å². The van der Waals surface area contributed by atoms with Gasteiger partial charge in [0.05, 0.1) is 19.0 Å². The number of hydrogen-bond acceptors (Lipinski definition) is 6. The Morgan fingerprint density at radius 3 is 2.95 bits per heavy atom. The summed E-state index contributed by atoms with van der Waals surface area (Å²) in [4.78, 5) is 18.4. The number of nitrogens with zero attached hydrogens (tertiary/aromatic N) is 4. The van der Waals surface area contributed by atoms with Crippen molar-refractivity contribution in [3.05, 3.63) is 6.33 Å². The normalized spacial score (nSPS) is 12.6. The highest BCUT2D eigenvalue weighted by atomic mass is 16.5. The fourth-order valence-electron chi connectivity index (χ4n) is 1.95. The van der Waals surface area contributed by atoms with Gasteiger partial charge in [-0.3, -0.25) is 0 Å². The van der Waals surface area contributed by atoms with Gasteiger partial charge in [-0.1, -0.05) is 6.92 Å². The van der Waals surface area contributed by atoms with Crippen LogP contribution < -0.4 is 10.2 Å². The number of likely N-dealkylation sites (N-methyl/N-ethyl adjacent to an activating group) is 1. The molecule has 7 nitrogen and oxygen atoms in total. The molecule has 20 heavy (non-hydrogen) atoms. The van der Waals surface area contributed by atoms with Crippen LogP contribution in [0.15, 0.2) is 6.33 Å². The van der Waals surface area contributed by atoms with Gasteiger partial charge < -0.3 is 19.9 Å². The summed E-state index contributed by atoms with van der Waals surface area (Å²) in [6.45, 7) is 5.67. The van der Waals surface area contributed by atoms with E-state index in [1.54, 1.807) is 13.4 Å². The third kappa shape index (κ3) is 2.98. The van der Waals surface area contributed by atoms with E-state index in [4.69, 9.17) is 4.74 Å². The highest BCUT2D eigenvalue weighted by Crippen LogP contribution is 2.23. The van der Waals surface area contributed by atoms with Gasteiger partial charge in [-0.15, -0.1) is 0 Å². The fourth-order valence-corrected chi connectivity index (χ4v) is 1.95. The quantitative estimate of drug-likeness (QED) is 0.801. The number of hydrogen-bond donors (Lipinski definition) is 2. The Labute approximate surface area is 118 Å². The molecule has 0 spiro atoms. The lowest BCUT2D eigenvalue weighted by molar-refractivity contribution is 0.183. The number of methoxy groups -OCH3 is 1. The molecule has 0 fully saturated rings. The van der Waals surface area contributed by atoms with Crippen LogP contribution in [0, 0.1) is 0 Å². The summed E-state index contributed by atoms with van der Waals surface area (Å²) in [5.74, 6) is 1.44. The van der Waals surface area contributed by atoms with E-state index >= 15 is 0 Å². The van der Waals surface area contributed by atoms with Crippen LogP contribution in [0.5, 0.6) is 0 Å². The molecule has 0 aliphatic rings. The largest absolute Gasteiger partial charge is 0.383 e. The number of ether oxygens (including phenoxy) is 1. The maximum atomic E-state index is 5.21. The van der Waals surface area contributed by atoms with Crippen molar-refractivity contribution in [2.45, 2.75) is 26.3 Å². The van der Waals surface area contributed by atoms with Crippen molar-refractivity contribution in [3.63, 3.8) is 0 Å². The van der Waals surface area contributed by atoms with Crippen LogP contribution in [-0.2, 0) is 4.74 Å². The molecule has 0 radical (unpaired) electrons. The van der Waals surface area contributed by atoms with Crippen LogP contribution in [0.3, 0.4) is 0 Å². The van der Waals surface area contributed by atoms with Gasteiger partial charge in [0.15, 0.2) is 11.5 Å². The number of anilines is 2. The van der Waals surface area contributed by atoms with Crippen LogP contribution in [0.1, 0.15) is 20.3 Å². The summed E-state index contributed by atoms with van der Waals surface area (Å²) in [6.07, 6.45) is 2.66. The van der Waals surface area contributed by atoms with Gasteiger partial charge in [0, 0.05) is 20.7 Å². The Morgan fingerprint density at radius 2 is 2.25 bits per heavy atom. The minimum absolute atomic E-state index is 0.209. The SMILES string of the molecule is CCCNc1nc(N(C)C(C)COC)c2[nH]cnc2n1. The summed E-state index contributed by atoms with van der Waals surface area (Å²) < 4.78 is 5.21. The summed E-state index contributed by atoms with van der Waals surface area (Å²) in [6, 6.07) is 0.209. The van der Waals surface area contributed by atoms with Gasteiger partial charge in [0.2, 0.25) is 5.95 Å². The third-order valence-corrected chi connectivity index (χ3v) is 3.20. The molecule has 2 heterocycles. The molecule has 0 aliphatic heterocycles. The van der Waals surface area contributed by atoms with Gasteiger partial charge in [0.25, 0.3) is 0 Å². The van der Waals surface area contributed by atoms with Crippen molar-refractivity contribution in [1.29, 1.82) is 0 Å². The van der Waals surface area contributed by atoms with Crippen molar-refractivity contribution >= 4 is 22.9 Å². The maximum Gasteiger partial charge on any atom is 0.226 e. The Kier molecular flexibility index (Phi) is 4.73. The van der Waals surface area contributed by atoms with Gasteiger partial charge >= 0.3 is 0 Å². The van der Waals surface area contributed by atoms with Crippen molar-refractivity contribution in [1.82, 2.24) is 19.9 Å². The van der Waals surface area contributed by atoms with E-state index in [1.807, 2.05) is 7.05 Å². The number of rotatable bonds is 7. The first-order chi connectivity index (χ1) is 9.67. The van der Waals surface area contributed by atoms with Gasteiger partial charge in [-0.05, 0) is 13.3 Å². The van der Waals surface area contributed by atoms with Crippen molar-refractivity contribution in [2.24, 2.45) is 0 Å². The molecule has 0 aliphatic carbocycles. The first-order valence-electron chi connectivity index (χ1n) is 6.84. The zero-order valence-corrected chi connectivity index (χ0v) is 12.5. The van der Waals surface area contributed by atoms with Crippen LogP contribution in [0.25, 0.3) is 11.2 Å². The van der Waals surface area contributed by atoms with E-state index in [0.717, 1.165) is 24.3 Å². The van der Waals surface area contributed by atoms with Crippen LogP contribution in [-0.4, -0.2) is 53.3 Å². The zero-order valence-electron chi connectivity index (χ0n) is 12.5. The standard InChI is InChI=1S/C13H22N6O/c1-5-6-14-13-17-11-10(15-8-16-11)12(18-13)19(3)9(2)7-20-4/h8-9H,5-7H2,1-4H3,(H2,14,15,16,17,18). The molecule has 2 rings (SSSR count). The highest BCUT2D eigenvalue weighted by molar-refractivity contribution is 5.84. The molecular weight excluding hydrogens is 256 g/mol. The molecular formula is C13H22N6O. The molecule has 2 aromatic rings. The maximum absolute atomic E-state index is 5.21. The minimum atomic E-state index is 0.209. The lowest BCUT2D eigenvalue weighted by Crippen LogP contribution is -2.33. The first kappa shape index (κ1) is 14.5. The monoisotopic (exact) mass is 278 g/mol. The average molecular weight is 278 g/mol. The molecule has 0 bridgehead atoms. The van der Waals surface area contributed by atoms with Crippen LogP contribution >= 0.6 is 0 Å². The molecule has 7 heteroatoms. The fraction of sp³-hybridized carbons (Fsp3) is 0.615. The second-order valence-corrected chi connectivity index (χ2v) is 4.81. The molecule has 0 amide bonds. The van der Waals surface area contributed by atoms with Crippen molar-refractivity contribution < 1.29 is 4.74 Å². The number of aromatic amines is 1. The summed E-state index contributed by atoms with van der Waals surface area (Å²) in [5, 5.41) is 3.21. The molecule has 2 N–H and O–H groups in total. The predicted octanol–water partition coefficient (Wildman–Crippen LogP) is 1.65. The topological polar surface area (TPSA) is 79.0 Å². The smallest absolute Gasteiger partial charge is 0.226 e. The van der Waals surface area contributed by atoms with Crippen molar-refractivity contribution in [2.75, 3.05) is 37.5 Å². The predicted molar refractivity (Wildman–Crippen MR) is 80.2 cm³/mol. The highest BCUT2D eigenvalue weighted by Gasteiger charge is 2.17. The van der Waals surface area contributed by atoms with Gasteiger partial charge in [0.1, 0.15) is 5.52 Å². The number of fused-ring (bicyclic) bond motifs is 1. The Hall–Kier alpha value is -1.89. The number of nitrogens with one attached hydrogen (secondary N) is 2. The Morgan fingerprint density at radius 1 is 1.45 bits per heavy atom. The van der Waals surface area contributed by atoms with Gasteiger partial charge in [-0.2, -0.15) is 9.97 Å². The molecule has 0 saturated carbocycles. The summed E-state index contributed by atoms with van der Waals surface area (Å²) >= 11 is 0.